The number of carbonyl (C=O) groups excluding carboxylic acids is 2. The van der Waals surface area contributed by atoms with Gasteiger partial charge in [0.05, 0.1) is 5.56 Å². The molecule has 0 aliphatic carbocycles. The van der Waals surface area contributed by atoms with E-state index in [-0.39, 0.29) is 11.8 Å². The number of amides is 2. The van der Waals surface area contributed by atoms with E-state index in [0.29, 0.717) is 23.4 Å². The summed E-state index contributed by atoms with van der Waals surface area (Å²) in [7, 11) is 0. The van der Waals surface area contributed by atoms with E-state index < -0.39 is 0 Å². The smallest absolute Gasteiger partial charge is 0.255 e. The molecule has 2 amide bonds. The van der Waals surface area contributed by atoms with Crippen LogP contribution in [0.3, 0.4) is 0 Å². The van der Waals surface area contributed by atoms with Crippen LogP contribution in [0, 0.1) is 6.92 Å². The van der Waals surface area contributed by atoms with Crippen LogP contribution in [0.4, 0.5) is 11.4 Å². The number of aryl methyl sites for hydroxylation is 1. The average molecular weight is 423 g/mol. The van der Waals surface area contributed by atoms with Crippen molar-refractivity contribution in [2.75, 3.05) is 49.5 Å². The molecule has 0 radical (unpaired) electrons. The number of anilines is 2. The van der Waals surface area contributed by atoms with E-state index in [1.54, 1.807) is 6.07 Å². The number of rotatable bonds is 9. The molecule has 2 aromatic carbocycles. The van der Waals surface area contributed by atoms with E-state index in [0.717, 1.165) is 56.8 Å². The van der Waals surface area contributed by atoms with E-state index in [9.17, 15) is 9.59 Å². The molecule has 31 heavy (non-hydrogen) atoms. The summed E-state index contributed by atoms with van der Waals surface area (Å²) in [4.78, 5) is 30.4. The monoisotopic (exact) mass is 422 g/mol. The molecule has 0 atom stereocenters. The third-order valence-electron chi connectivity index (χ3n) is 5.94. The van der Waals surface area contributed by atoms with Gasteiger partial charge in [-0.3, -0.25) is 9.59 Å². The van der Waals surface area contributed by atoms with Crippen LogP contribution in [-0.2, 0) is 0 Å². The number of nitrogens with one attached hydrogen (secondary N) is 2. The molecule has 6 heteroatoms. The number of nitrogens with zero attached hydrogens (tertiary/aromatic N) is 2. The highest BCUT2D eigenvalue weighted by molar-refractivity contribution is 6.07. The minimum Gasteiger partial charge on any atom is -0.371 e. The van der Waals surface area contributed by atoms with Gasteiger partial charge in [-0.1, -0.05) is 32.0 Å². The average Bonchev–Trinajstić information content (AvgIpc) is 3.31. The Morgan fingerprint density at radius 3 is 2.35 bits per heavy atom. The van der Waals surface area contributed by atoms with Gasteiger partial charge in [-0.25, -0.2) is 0 Å². The number of likely N-dealkylation sites (N-methyl/N-ethyl adjacent to an activating group) is 1. The van der Waals surface area contributed by atoms with Crippen LogP contribution in [0.2, 0.25) is 0 Å². The lowest BCUT2D eigenvalue weighted by Crippen LogP contribution is -2.35. The van der Waals surface area contributed by atoms with E-state index in [4.69, 9.17) is 0 Å². The molecule has 2 N–H and O–H groups in total. The molecule has 2 aromatic rings. The Morgan fingerprint density at radius 1 is 0.968 bits per heavy atom. The van der Waals surface area contributed by atoms with Crippen LogP contribution in [0.1, 0.15) is 53.0 Å². The van der Waals surface area contributed by atoms with Crippen LogP contribution < -0.4 is 15.5 Å². The minimum atomic E-state index is -0.167. The third-order valence-corrected chi connectivity index (χ3v) is 5.94. The van der Waals surface area contributed by atoms with E-state index in [2.05, 4.69) is 34.3 Å². The van der Waals surface area contributed by atoms with Gasteiger partial charge in [0.2, 0.25) is 0 Å². The van der Waals surface area contributed by atoms with Gasteiger partial charge >= 0.3 is 0 Å². The zero-order chi connectivity index (χ0) is 22.2. The molecule has 6 nitrogen and oxygen atoms in total. The third kappa shape index (κ3) is 5.85. The van der Waals surface area contributed by atoms with E-state index >= 15 is 0 Å². The van der Waals surface area contributed by atoms with Crippen LogP contribution in [-0.4, -0.2) is 56.0 Å². The van der Waals surface area contributed by atoms with Crippen molar-refractivity contribution in [2.24, 2.45) is 0 Å². The van der Waals surface area contributed by atoms with Crippen molar-refractivity contribution in [1.82, 2.24) is 10.2 Å². The molecule has 0 bridgehead atoms. The standard InChI is InChI=1S/C25H34N4O2/c1-4-28(5-2)17-14-26-24(30)22-18-20(12-13-23(22)29-15-8-9-16-29)27-25(31)21-11-7-6-10-19(21)3/h6-7,10-13,18H,4-5,8-9,14-17H2,1-3H3,(H,26,30)(H,27,31). The molecule has 1 aliphatic heterocycles. The van der Waals surface area contributed by atoms with Crippen LogP contribution >= 0.6 is 0 Å². The summed E-state index contributed by atoms with van der Waals surface area (Å²) in [5, 5.41) is 6.02. The predicted octanol–water partition coefficient (Wildman–Crippen LogP) is 3.92. The van der Waals surface area contributed by atoms with E-state index in [1.807, 2.05) is 43.3 Å². The first-order valence-electron chi connectivity index (χ1n) is 11.3. The van der Waals surface area contributed by atoms with Crippen molar-refractivity contribution in [1.29, 1.82) is 0 Å². The Morgan fingerprint density at radius 2 is 1.68 bits per heavy atom. The normalized spacial score (nSPS) is 13.5. The Bertz CT molecular complexity index is 902. The number of carbonyl (C=O) groups is 2. The summed E-state index contributed by atoms with van der Waals surface area (Å²) in [6.07, 6.45) is 2.27. The van der Waals surface area contributed by atoms with Gasteiger partial charge in [-0.05, 0) is 62.7 Å². The van der Waals surface area contributed by atoms with Gasteiger partial charge in [-0.15, -0.1) is 0 Å². The Kier molecular flexibility index (Phi) is 8.06. The summed E-state index contributed by atoms with van der Waals surface area (Å²) in [6, 6.07) is 13.1. The maximum atomic E-state index is 13.1. The highest BCUT2D eigenvalue weighted by Crippen LogP contribution is 2.28. The first-order chi connectivity index (χ1) is 15.0. The summed E-state index contributed by atoms with van der Waals surface area (Å²) >= 11 is 0. The lowest BCUT2D eigenvalue weighted by molar-refractivity contribution is 0.0948. The lowest BCUT2D eigenvalue weighted by Gasteiger charge is -2.23. The van der Waals surface area contributed by atoms with Crippen LogP contribution in [0.5, 0.6) is 0 Å². The second kappa shape index (κ2) is 11.0. The van der Waals surface area contributed by atoms with Crippen LogP contribution in [0.15, 0.2) is 42.5 Å². The van der Waals surface area contributed by atoms with E-state index in [1.165, 1.54) is 0 Å². The topological polar surface area (TPSA) is 64.7 Å². The fraction of sp³-hybridized carbons (Fsp3) is 0.440. The second-order valence-electron chi connectivity index (χ2n) is 7.98. The largest absolute Gasteiger partial charge is 0.371 e. The van der Waals surface area contributed by atoms with Gasteiger partial charge in [0.1, 0.15) is 0 Å². The highest BCUT2D eigenvalue weighted by Gasteiger charge is 2.21. The van der Waals surface area contributed by atoms with Crippen molar-refractivity contribution >= 4 is 23.2 Å². The Balaban J connectivity index is 1.78. The van der Waals surface area contributed by atoms with Crippen molar-refractivity contribution < 1.29 is 9.59 Å². The Hall–Kier alpha value is -2.86. The fourth-order valence-corrected chi connectivity index (χ4v) is 4.02. The van der Waals surface area contributed by atoms with Gasteiger partial charge in [0.15, 0.2) is 0 Å². The summed E-state index contributed by atoms with van der Waals surface area (Å²) < 4.78 is 0. The molecular weight excluding hydrogens is 388 g/mol. The molecule has 0 aromatic heterocycles. The quantitative estimate of drug-likeness (QED) is 0.643. The van der Waals surface area contributed by atoms with Crippen molar-refractivity contribution in [3.8, 4) is 0 Å². The minimum absolute atomic E-state index is 0.0963. The van der Waals surface area contributed by atoms with Crippen LogP contribution in [0.25, 0.3) is 0 Å². The number of hydrogen-bond donors (Lipinski definition) is 2. The summed E-state index contributed by atoms with van der Waals surface area (Å²) in [5.41, 5.74) is 3.74. The lowest BCUT2D eigenvalue weighted by atomic mass is 10.1. The van der Waals surface area contributed by atoms with Gasteiger partial charge in [0.25, 0.3) is 11.8 Å². The molecular formula is C25H34N4O2. The maximum Gasteiger partial charge on any atom is 0.255 e. The molecule has 0 spiro atoms. The SMILES string of the molecule is CCN(CC)CCNC(=O)c1cc(NC(=O)c2ccccc2C)ccc1N1CCCC1. The molecule has 166 valence electrons. The zero-order valence-corrected chi connectivity index (χ0v) is 18.9. The molecule has 1 heterocycles. The van der Waals surface area contributed by atoms with Crippen molar-refractivity contribution in [3.05, 3.63) is 59.2 Å². The van der Waals surface area contributed by atoms with Gasteiger partial charge < -0.3 is 20.4 Å². The van der Waals surface area contributed by atoms with Gasteiger partial charge in [-0.2, -0.15) is 0 Å². The summed E-state index contributed by atoms with van der Waals surface area (Å²) in [6.45, 7) is 11.4. The molecule has 0 unspecified atom stereocenters. The van der Waals surface area contributed by atoms with Crippen molar-refractivity contribution in [2.45, 2.75) is 33.6 Å². The maximum absolute atomic E-state index is 13.1. The summed E-state index contributed by atoms with van der Waals surface area (Å²) in [5.74, 6) is -0.263. The first kappa shape index (κ1) is 22.8. The highest BCUT2D eigenvalue weighted by atomic mass is 16.2. The Labute approximate surface area is 185 Å². The first-order valence-corrected chi connectivity index (χ1v) is 11.3. The molecule has 1 saturated heterocycles. The predicted molar refractivity (Wildman–Crippen MR) is 127 cm³/mol. The molecule has 3 rings (SSSR count). The van der Waals surface area contributed by atoms with Crippen molar-refractivity contribution in [3.63, 3.8) is 0 Å². The molecule has 1 aliphatic rings. The molecule has 0 saturated carbocycles. The van der Waals surface area contributed by atoms with Gasteiger partial charge in [0, 0.05) is 43.1 Å². The zero-order valence-electron chi connectivity index (χ0n) is 18.9. The number of hydrogen-bond acceptors (Lipinski definition) is 4. The second-order valence-corrected chi connectivity index (χ2v) is 7.98. The fourth-order valence-electron chi connectivity index (χ4n) is 4.02. The number of benzene rings is 2. The molecule has 1 fully saturated rings.